The van der Waals surface area contributed by atoms with Gasteiger partial charge in [0, 0.05) is 30.3 Å². The number of non-ortho nitro benzene ring substituents is 1. The molecule has 6 heteroatoms. The summed E-state index contributed by atoms with van der Waals surface area (Å²) in [5.74, 6) is 0.654. The first kappa shape index (κ1) is 15.7. The number of hydrogen-bond donors (Lipinski definition) is 1. The van der Waals surface area contributed by atoms with E-state index in [1.165, 1.54) is 31.4 Å². The number of nitrogens with two attached hydrogens (primary N) is 1. The van der Waals surface area contributed by atoms with E-state index in [4.69, 9.17) is 10.5 Å². The summed E-state index contributed by atoms with van der Waals surface area (Å²) >= 11 is 0. The Bertz CT molecular complexity index is 493. The molecule has 116 valence electrons. The lowest BCUT2D eigenvalue weighted by Gasteiger charge is -2.32. The Morgan fingerprint density at radius 1 is 1.48 bits per heavy atom. The van der Waals surface area contributed by atoms with Gasteiger partial charge in [0.2, 0.25) is 0 Å². The molecule has 2 rings (SSSR count). The van der Waals surface area contributed by atoms with Crippen molar-refractivity contribution in [1.29, 1.82) is 0 Å². The van der Waals surface area contributed by atoms with Crippen molar-refractivity contribution in [3.63, 3.8) is 0 Å². The summed E-state index contributed by atoms with van der Waals surface area (Å²) in [6, 6.07) is 5.16. The fourth-order valence-electron chi connectivity index (χ4n) is 2.79. The Kier molecular flexibility index (Phi) is 5.52. The summed E-state index contributed by atoms with van der Waals surface area (Å²) in [5.41, 5.74) is 6.38. The normalized spacial score (nSPS) is 19.4. The minimum atomic E-state index is -0.417. The van der Waals surface area contributed by atoms with Crippen LogP contribution in [0.1, 0.15) is 31.2 Å². The minimum Gasteiger partial charge on any atom is -0.493 e. The molecule has 1 aromatic rings. The van der Waals surface area contributed by atoms with E-state index in [9.17, 15) is 10.1 Å². The standard InChI is InChI=1S/C15H23N3O3/c1-17-8-3-2-4-13(17)7-9-21-15-6-5-14(18(19)20)10-12(15)11-16/h5-6,10,13H,2-4,7-9,11,16H2,1H3. The Morgan fingerprint density at radius 3 is 2.95 bits per heavy atom. The molecule has 0 amide bonds. The number of piperidine rings is 1. The van der Waals surface area contributed by atoms with Crippen molar-refractivity contribution < 1.29 is 9.66 Å². The van der Waals surface area contributed by atoms with Crippen molar-refractivity contribution in [1.82, 2.24) is 4.90 Å². The molecule has 1 saturated heterocycles. The number of ether oxygens (including phenoxy) is 1. The van der Waals surface area contributed by atoms with Crippen LogP contribution in [0.15, 0.2) is 18.2 Å². The number of nitro groups is 1. The minimum absolute atomic E-state index is 0.0508. The van der Waals surface area contributed by atoms with E-state index in [1.807, 2.05) is 0 Å². The lowest BCUT2D eigenvalue weighted by atomic mass is 10.0. The number of likely N-dealkylation sites (tertiary alicyclic amines) is 1. The van der Waals surface area contributed by atoms with Gasteiger partial charge in [-0.2, -0.15) is 0 Å². The third kappa shape index (κ3) is 4.15. The molecule has 0 aliphatic carbocycles. The van der Waals surface area contributed by atoms with Crippen LogP contribution in [0.3, 0.4) is 0 Å². The average molecular weight is 293 g/mol. The predicted molar refractivity (Wildman–Crippen MR) is 81.4 cm³/mol. The molecule has 0 bridgehead atoms. The highest BCUT2D eigenvalue weighted by molar-refractivity contribution is 5.43. The van der Waals surface area contributed by atoms with Gasteiger partial charge >= 0.3 is 0 Å². The third-order valence-electron chi connectivity index (χ3n) is 4.10. The molecule has 0 spiro atoms. The third-order valence-corrected chi connectivity index (χ3v) is 4.10. The van der Waals surface area contributed by atoms with Gasteiger partial charge in [-0.3, -0.25) is 10.1 Å². The lowest BCUT2D eigenvalue weighted by Crippen LogP contribution is -2.37. The summed E-state index contributed by atoms with van der Waals surface area (Å²) in [7, 11) is 2.15. The second-order valence-electron chi connectivity index (χ2n) is 5.52. The Morgan fingerprint density at radius 2 is 2.29 bits per heavy atom. The first-order valence-corrected chi connectivity index (χ1v) is 7.42. The zero-order chi connectivity index (χ0) is 15.2. The SMILES string of the molecule is CN1CCCCC1CCOc1ccc([N+](=O)[O-])cc1CN. The van der Waals surface area contributed by atoms with Crippen LogP contribution in [-0.4, -0.2) is 36.1 Å². The van der Waals surface area contributed by atoms with Gasteiger partial charge in [0.05, 0.1) is 11.5 Å². The summed E-state index contributed by atoms with van der Waals surface area (Å²) < 4.78 is 5.78. The fourth-order valence-corrected chi connectivity index (χ4v) is 2.79. The molecule has 0 aromatic heterocycles. The molecular weight excluding hydrogens is 270 g/mol. The molecule has 21 heavy (non-hydrogen) atoms. The summed E-state index contributed by atoms with van der Waals surface area (Å²) in [6.45, 7) is 2.00. The van der Waals surface area contributed by atoms with Gasteiger partial charge in [-0.25, -0.2) is 0 Å². The van der Waals surface area contributed by atoms with Crippen LogP contribution in [0.25, 0.3) is 0 Å². The van der Waals surface area contributed by atoms with Gasteiger partial charge in [-0.15, -0.1) is 0 Å². The second-order valence-corrected chi connectivity index (χ2v) is 5.52. The molecule has 1 aliphatic rings. The monoisotopic (exact) mass is 293 g/mol. The first-order valence-electron chi connectivity index (χ1n) is 7.42. The lowest BCUT2D eigenvalue weighted by molar-refractivity contribution is -0.384. The van der Waals surface area contributed by atoms with Crippen molar-refractivity contribution in [3.05, 3.63) is 33.9 Å². The van der Waals surface area contributed by atoms with Crippen LogP contribution >= 0.6 is 0 Å². The highest BCUT2D eigenvalue weighted by Gasteiger charge is 2.19. The molecule has 1 unspecified atom stereocenters. The van der Waals surface area contributed by atoms with Crippen molar-refractivity contribution in [2.24, 2.45) is 5.73 Å². The van der Waals surface area contributed by atoms with Crippen LogP contribution in [0.4, 0.5) is 5.69 Å². The topological polar surface area (TPSA) is 81.6 Å². The molecule has 2 N–H and O–H groups in total. The van der Waals surface area contributed by atoms with Crippen LogP contribution < -0.4 is 10.5 Å². The van der Waals surface area contributed by atoms with E-state index >= 15 is 0 Å². The van der Waals surface area contributed by atoms with E-state index in [0.29, 0.717) is 24.0 Å². The predicted octanol–water partition coefficient (Wildman–Crippen LogP) is 2.31. The van der Waals surface area contributed by atoms with Gasteiger partial charge < -0.3 is 15.4 Å². The Hall–Kier alpha value is -1.66. The van der Waals surface area contributed by atoms with Crippen molar-refractivity contribution in [2.75, 3.05) is 20.2 Å². The van der Waals surface area contributed by atoms with Gasteiger partial charge in [0.1, 0.15) is 5.75 Å². The molecule has 0 saturated carbocycles. The molecule has 6 nitrogen and oxygen atoms in total. The van der Waals surface area contributed by atoms with Gasteiger partial charge in [-0.05, 0) is 38.9 Å². The second kappa shape index (κ2) is 7.38. The van der Waals surface area contributed by atoms with Crippen LogP contribution in [0, 0.1) is 10.1 Å². The van der Waals surface area contributed by atoms with Gasteiger partial charge in [0.25, 0.3) is 5.69 Å². The van der Waals surface area contributed by atoms with E-state index in [1.54, 1.807) is 6.07 Å². The van der Waals surface area contributed by atoms with Crippen molar-refractivity contribution in [3.8, 4) is 5.75 Å². The smallest absolute Gasteiger partial charge is 0.270 e. The van der Waals surface area contributed by atoms with Crippen LogP contribution in [0.5, 0.6) is 5.75 Å². The first-order chi connectivity index (χ1) is 10.1. The number of nitrogens with zero attached hydrogens (tertiary/aromatic N) is 2. The maximum absolute atomic E-state index is 10.8. The van der Waals surface area contributed by atoms with Crippen LogP contribution in [-0.2, 0) is 6.54 Å². The Balaban J connectivity index is 1.91. The zero-order valence-electron chi connectivity index (χ0n) is 12.5. The summed E-state index contributed by atoms with van der Waals surface area (Å²) in [6.07, 6.45) is 4.73. The van der Waals surface area contributed by atoms with Gasteiger partial charge in [0.15, 0.2) is 0 Å². The highest BCUT2D eigenvalue weighted by atomic mass is 16.6. The van der Waals surface area contributed by atoms with Crippen LogP contribution in [0.2, 0.25) is 0 Å². The molecule has 1 atom stereocenters. The summed E-state index contributed by atoms with van der Waals surface area (Å²) in [4.78, 5) is 12.7. The molecular formula is C15H23N3O3. The van der Waals surface area contributed by atoms with E-state index < -0.39 is 4.92 Å². The largest absolute Gasteiger partial charge is 0.493 e. The fraction of sp³-hybridized carbons (Fsp3) is 0.600. The molecule has 0 radical (unpaired) electrons. The van der Waals surface area contributed by atoms with E-state index in [0.717, 1.165) is 13.0 Å². The summed E-state index contributed by atoms with van der Waals surface area (Å²) in [5, 5.41) is 10.8. The highest BCUT2D eigenvalue weighted by Crippen LogP contribution is 2.25. The maximum Gasteiger partial charge on any atom is 0.270 e. The zero-order valence-corrected chi connectivity index (χ0v) is 12.5. The number of hydrogen-bond acceptors (Lipinski definition) is 5. The average Bonchev–Trinajstić information content (AvgIpc) is 2.49. The van der Waals surface area contributed by atoms with Gasteiger partial charge in [-0.1, -0.05) is 6.42 Å². The maximum atomic E-state index is 10.8. The molecule has 1 heterocycles. The number of rotatable bonds is 6. The number of nitro benzene ring substituents is 1. The molecule has 1 aliphatic heterocycles. The number of benzene rings is 1. The quantitative estimate of drug-likeness (QED) is 0.643. The molecule has 1 aromatic carbocycles. The Labute approximate surface area is 125 Å². The van der Waals surface area contributed by atoms with Crippen molar-refractivity contribution in [2.45, 2.75) is 38.3 Å². The molecule has 1 fully saturated rings. The van der Waals surface area contributed by atoms with Crippen molar-refractivity contribution >= 4 is 5.69 Å². The van der Waals surface area contributed by atoms with E-state index in [2.05, 4.69) is 11.9 Å². The van der Waals surface area contributed by atoms with E-state index in [-0.39, 0.29) is 12.2 Å².